The van der Waals surface area contributed by atoms with Crippen molar-refractivity contribution in [2.45, 2.75) is 78.6 Å². The molecule has 0 bridgehead atoms. The van der Waals surface area contributed by atoms with Crippen molar-refractivity contribution < 1.29 is 24.2 Å². The highest BCUT2D eigenvalue weighted by molar-refractivity contribution is 7.13. The van der Waals surface area contributed by atoms with Crippen LogP contribution in [0.15, 0.2) is 29.8 Å². The molecule has 2 aromatic rings. The molecule has 1 saturated heterocycles. The Morgan fingerprint density at radius 2 is 1.89 bits per heavy atom. The van der Waals surface area contributed by atoms with Crippen LogP contribution in [0.5, 0.6) is 0 Å². The highest BCUT2D eigenvalue weighted by atomic mass is 32.1. The molecule has 10 heteroatoms. The van der Waals surface area contributed by atoms with Crippen LogP contribution in [0.1, 0.15) is 64.8 Å². The lowest BCUT2D eigenvalue weighted by Crippen LogP contribution is -2.58. The second-order valence-electron chi connectivity index (χ2n) is 10.9. The minimum atomic E-state index is -0.874. The van der Waals surface area contributed by atoms with Crippen LogP contribution in [0.3, 0.4) is 0 Å². The Kier molecular flexibility index (Phi) is 10.0. The van der Waals surface area contributed by atoms with Crippen LogP contribution in [0.2, 0.25) is 0 Å². The number of aliphatic hydroxyl groups excluding tert-OH is 1. The van der Waals surface area contributed by atoms with Crippen molar-refractivity contribution in [1.29, 1.82) is 0 Å². The normalized spacial score (nSPS) is 19.2. The van der Waals surface area contributed by atoms with E-state index in [2.05, 4.69) is 15.6 Å². The van der Waals surface area contributed by atoms with Gasteiger partial charge in [0.1, 0.15) is 18.7 Å². The Balaban J connectivity index is 1.69. The number of β-amino-alcohol motifs (C(OH)–C–C–N with tert-alkyl or cyclic N) is 1. The quantitative estimate of drug-likeness (QED) is 0.395. The van der Waals surface area contributed by atoms with Gasteiger partial charge in [-0.3, -0.25) is 14.4 Å². The van der Waals surface area contributed by atoms with Crippen LogP contribution in [0, 0.1) is 12.3 Å². The lowest BCUT2D eigenvalue weighted by atomic mass is 9.85. The highest BCUT2D eigenvalue weighted by Crippen LogP contribution is 2.29. The molecule has 1 fully saturated rings. The van der Waals surface area contributed by atoms with Crippen LogP contribution < -0.4 is 10.6 Å². The minimum Gasteiger partial charge on any atom is -0.391 e. The maximum absolute atomic E-state index is 13.6. The fourth-order valence-electron chi connectivity index (χ4n) is 4.53. The lowest BCUT2D eigenvalue weighted by molar-refractivity contribution is -0.144. The van der Waals surface area contributed by atoms with Crippen molar-refractivity contribution in [2.75, 3.05) is 19.8 Å². The Morgan fingerprint density at radius 1 is 1.21 bits per heavy atom. The van der Waals surface area contributed by atoms with Crippen LogP contribution in [-0.2, 0) is 19.1 Å². The Morgan fingerprint density at radius 3 is 2.47 bits per heavy atom. The smallest absolute Gasteiger partial charge is 0.246 e. The number of aromatic nitrogens is 1. The monoisotopic (exact) mass is 544 g/mol. The molecular formula is C28H40N4O5S. The van der Waals surface area contributed by atoms with Crippen molar-refractivity contribution >= 4 is 29.1 Å². The fraction of sp³-hybridized carbons (Fsp3) is 0.571. The van der Waals surface area contributed by atoms with Crippen molar-refractivity contribution in [3.05, 3.63) is 41.0 Å². The Bertz CT molecular complexity index is 1110. The van der Waals surface area contributed by atoms with E-state index in [9.17, 15) is 19.5 Å². The molecule has 1 aliphatic rings. The largest absolute Gasteiger partial charge is 0.391 e. The number of carbonyl (C=O) groups is 3. The molecule has 1 aliphatic heterocycles. The van der Waals surface area contributed by atoms with E-state index in [4.69, 9.17) is 4.74 Å². The third-order valence-electron chi connectivity index (χ3n) is 6.64. The molecule has 9 nitrogen and oxygen atoms in total. The average Bonchev–Trinajstić information content (AvgIpc) is 3.47. The summed E-state index contributed by atoms with van der Waals surface area (Å²) in [6.45, 7) is 11.7. The van der Waals surface area contributed by atoms with E-state index in [0.717, 1.165) is 28.1 Å². The first-order chi connectivity index (χ1) is 17.9. The number of likely N-dealkylation sites (tertiary alicyclic amines) is 1. The van der Waals surface area contributed by atoms with Gasteiger partial charge in [0.15, 0.2) is 0 Å². The zero-order valence-corrected chi connectivity index (χ0v) is 23.9. The van der Waals surface area contributed by atoms with Crippen LogP contribution in [-0.4, -0.2) is 70.7 Å². The van der Waals surface area contributed by atoms with Gasteiger partial charge in [-0.15, -0.1) is 11.3 Å². The topological polar surface area (TPSA) is 121 Å². The van der Waals surface area contributed by atoms with Crippen LogP contribution >= 0.6 is 11.3 Å². The van der Waals surface area contributed by atoms with Gasteiger partial charge >= 0.3 is 0 Å². The molecule has 0 spiro atoms. The predicted molar refractivity (Wildman–Crippen MR) is 147 cm³/mol. The second kappa shape index (κ2) is 12.8. The summed E-state index contributed by atoms with van der Waals surface area (Å²) in [5.41, 5.74) is 4.18. The number of hydrogen-bond donors (Lipinski definition) is 3. The van der Waals surface area contributed by atoms with Gasteiger partial charge in [0.25, 0.3) is 0 Å². The summed E-state index contributed by atoms with van der Waals surface area (Å²) in [6.07, 6.45) is 0.0976. The van der Waals surface area contributed by atoms with Gasteiger partial charge in [0, 0.05) is 19.6 Å². The second-order valence-corrected chi connectivity index (χ2v) is 11.8. The molecule has 2 heterocycles. The van der Waals surface area contributed by atoms with Gasteiger partial charge in [-0.1, -0.05) is 52.0 Å². The van der Waals surface area contributed by atoms with Crippen molar-refractivity contribution in [2.24, 2.45) is 5.41 Å². The van der Waals surface area contributed by atoms with Gasteiger partial charge in [-0.2, -0.15) is 0 Å². The number of amides is 3. The standard InChI is InChI=1S/C28H40N4O5S/c1-7-12-37-15-23(34)31-25(28(4,5)6)27(36)32-14-21(33)13-22(32)26(35)30-17(2)19-8-10-20(11-9-19)24-18(3)29-16-38-24/h8-11,16-17,21-22,25,33H,7,12-15H2,1-6H3,(H,30,35)(H,31,34)/t17-,21+,22-,25+/m0/s1. The zero-order valence-electron chi connectivity index (χ0n) is 23.1. The van der Waals surface area contributed by atoms with Crippen molar-refractivity contribution in [1.82, 2.24) is 20.5 Å². The van der Waals surface area contributed by atoms with Gasteiger partial charge in [-0.05, 0) is 36.8 Å². The predicted octanol–water partition coefficient (Wildman–Crippen LogP) is 3.22. The number of benzene rings is 1. The number of rotatable bonds is 10. The molecule has 0 aliphatic carbocycles. The first-order valence-corrected chi connectivity index (χ1v) is 14.0. The van der Waals surface area contributed by atoms with Crippen LogP contribution in [0.4, 0.5) is 0 Å². The summed E-state index contributed by atoms with van der Waals surface area (Å²) in [5.74, 6) is -1.12. The number of thiazole rings is 1. The van der Waals surface area contributed by atoms with E-state index < -0.39 is 35.4 Å². The zero-order chi connectivity index (χ0) is 28.0. The van der Waals surface area contributed by atoms with Gasteiger partial charge in [0.05, 0.1) is 28.2 Å². The summed E-state index contributed by atoms with van der Waals surface area (Å²) < 4.78 is 5.32. The van der Waals surface area contributed by atoms with E-state index >= 15 is 0 Å². The SMILES string of the molecule is CCCOCC(=O)N[C@H](C(=O)N1C[C@H](O)C[C@H]1C(=O)N[C@@H](C)c1ccc(-c2scnc2C)cc1)C(C)(C)C. The molecule has 3 N–H and O–H groups in total. The molecule has 4 atom stereocenters. The lowest BCUT2D eigenvalue weighted by Gasteiger charge is -2.35. The van der Waals surface area contributed by atoms with E-state index in [1.165, 1.54) is 4.90 Å². The number of nitrogens with one attached hydrogen (secondary N) is 2. The molecule has 3 rings (SSSR count). The summed E-state index contributed by atoms with van der Waals surface area (Å²) in [5, 5.41) is 16.2. The number of ether oxygens (including phenoxy) is 1. The average molecular weight is 545 g/mol. The van der Waals surface area contributed by atoms with Crippen LogP contribution in [0.25, 0.3) is 10.4 Å². The maximum atomic E-state index is 13.6. The maximum Gasteiger partial charge on any atom is 0.246 e. The van der Waals surface area contributed by atoms with E-state index in [0.29, 0.717) is 6.61 Å². The first-order valence-electron chi connectivity index (χ1n) is 13.1. The number of aliphatic hydroxyl groups is 1. The number of aryl methyl sites for hydroxylation is 1. The molecule has 0 unspecified atom stereocenters. The summed E-state index contributed by atoms with van der Waals surface area (Å²) in [6, 6.07) is 5.94. The number of hydrogen-bond acceptors (Lipinski definition) is 7. The third kappa shape index (κ3) is 7.39. The number of carbonyl (C=O) groups excluding carboxylic acids is 3. The van der Waals surface area contributed by atoms with Gasteiger partial charge in [0.2, 0.25) is 17.7 Å². The molecule has 1 aromatic carbocycles. The minimum absolute atomic E-state index is 0.0307. The van der Waals surface area contributed by atoms with Crippen molar-refractivity contribution in [3.63, 3.8) is 0 Å². The number of nitrogens with zero attached hydrogens (tertiary/aromatic N) is 2. The first kappa shape index (κ1) is 29.7. The van der Waals surface area contributed by atoms with E-state index in [1.807, 2.05) is 71.3 Å². The highest BCUT2D eigenvalue weighted by Gasteiger charge is 2.44. The molecule has 3 amide bonds. The Hall–Kier alpha value is -2.82. The fourth-order valence-corrected chi connectivity index (χ4v) is 5.34. The molecule has 0 saturated carbocycles. The van der Waals surface area contributed by atoms with Gasteiger partial charge < -0.3 is 25.4 Å². The molecule has 38 heavy (non-hydrogen) atoms. The molecular weight excluding hydrogens is 504 g/mol. The molecule has 208 valence electrons. The van der Waals surface area contributed by atoms with E-state index in [-0.39, 0.29) is 31.5 Å². The Labute approximate surface area is 229 Å². The summed E-state index contributed by atoms with van der Waals surface area (Å²) in [7, 11) is 0. The molecule has 1 aromatic heterocycles. The third-order valence-corrected chi connectivity index (χ3v) is 7.62. The van der Waals surface area contributed by atoms with Crippen molar-refractivity contribution in [3.8, 4) is 10.4 Å². The molecule has 0 radical (unpaired) electrons. The van der Waals surface area contributed by atoms with E-state index in [1.54, 1.807) is 11.3 Å². The van der Waals surface area contributed by atoms with Gasteiger partial charge in [-0.25, -0.2) is 4.98 Å². The summed E-state index contributed by atoms with van der Waals surface area (Å²) >= 11 is 1.58. The summed E-state index contributed by atoms with van der Waals surface area (Å²) in [4.78, 5) is 46.2.